The highest BCUT2D eigenvalue weighted by Crippen LogP contribution is 2.34. The molecule has 3 aromatic rings. The van der Waals surface area contributed by atoms with Crippen LogP contribution < -0.4 is 4.74 Å². The minimum Gasteiger partial charge on any atom is -0.467 e. The SMILES string of the molecule is O=[N+]([O-])c1ccc(OC(C(O)c2ccc(Cl)cc2Cl)n2cccc2)cc1. The monoisotopic (exact) mass is 392 g/mol. The molecule has 3 rings (SSSR count). The Labute approximate surface area is 159 Å². The molecule has 0 aliphatic heterocycles. The van der Waals surface area contributed by atoms with Gasteiger partial charge in [-0.15, -0.1) is 0 Å². The first kappa shape index (κ1) is 18.3. The van der Waals surface area contributed by atoms with E-state index in [1.54, 1.807) is 47.3 Å². The van der Waals surface area contributed by atoms with Crippen LogP contribution in [0.1, 0.15) is 17.9 Å². The van der Waals surface area contributed by atoms with E-state index < -0.39 is 17.3 Å². The number of ether oxygens (including phenoxy) is 1. The molecule has 0 spiro atoms. The molecule has 1 heterocycles. The predicted molar refractivity (Wildman–Crippen MR) is 98.6 cm³/mol. The minimum atomic E-state index is -1.10. The molecule has 1 N–H and O–H groups in total. The third-order valence-corrected chi connectivity index (χ3v) is 4.34. The topological polar surface area (TPSA) is 77.5 Å². The summed E-state index contributed by atoms with van der Waals surface area (Å²) < 4.78 is 7.57. The molecule has 0 amide bonds. The van der Waals surface area contributed by atoms with Gasteiger partial charge in [-0.25, -0.2) is 0 Å². The molecular weight excluding hydrogens is 379 g/mol. The maximum absolute atomic E-state index is 10.8. The summed E-state index contributed by atoms with van der Waals surface area (Å²) in [5.74, 6) is 0.374. The lowest BCUT2D eigenvalue weighted by Gasteiger charge is -2.26. The molecule has 6 nitrogen and oxygen atoms in total. The van der Waals surface area contributed by atoms with Crippen molar-refractivity contribution < 1.29 is 14.8 Å². The van der Waals surface area contributed by atoms with E-state index in [2.05, 4.69) is 0 Å². The molecule has 2 unspecified atom stereocenters. The van der Waals surface area contributed by atoms with Gasteiger partial charge in [0.05, 0.1) is 4.92 Å². The molecule has 0 saturated carbocycles. The molecule has 134 valence electrons. The maximum atomic E-state index is 10.8. The van der Waals surface area contributed by atoms with Gasteiger partial charge in [-0.05, 0) is 36.4 Å². The molecule has 0 bridgehead atoms. The molecule has 2 atom stereocenters. The number of aromatic nitrogens is 1. The van der Waals surface area contributed by atoms with Crippen LogP contribution in [0.25, 0.3) is 0 Å². The van der Waals surface area contributed by atoms with E-state index in [1.807, 2.05) is 0 Å². The summed E-state index contributed by atoms with van der Waals surface area (Å²) in [5.41, 5.74) is 0.410. The van der Waals surface area contributed by atoms with Gasteiger partial charge in [-0.3, -0.25) is 10.1 Å². The van der Waals surface area contributed by atoms with E-state index in [9.17, 15) is 15.2 Å². The van der Waals surface area contributed by atoms with Crippen molar-refractivity contribution in [1.82, 2.24) is 4.57 Å². The summed E-state index contributed by atoms with van der Waals surface area (Å²) in [4.78, 5) is 10.3. The third kappa shape index (κ3) is 3.99. The molecular formula is C18H14Cl2N2O4. The smallest absolute Gasteiger partial charge is 0.269 e. The third-order valence-electron chi connectivity index (χ3n) is 3.78. The largest absolute Gasteiger partial charge is 0.467 e. The minimum absolute atomic E-state index is 0.0452. The summed E-state index contributed by atoms with van der Waals surface area (Å²) in [6, 6.07) is 14.0. The van der Waals surface area contributed by atoms with E-state index in [-0.39, 0.29) is 5.69 Å². The molecule has 0 aliphatic rings. The number of hydrogen-bond acceptors (Lipinski definition) is 4. The van der Waals surface area contributed by atoms with Gasteiger partial charge in [0.15, 0.2) is 0 Å². The zero-order chi connectivity index (χ0) is 18.7. The zero-order valence-corrected chi connectivity index (χ0v) is 14.8. The highest BCUT2D eigenvalue weighted by atomic mass is 35.5. The van der Waals surface area contributed by atoms with Gasteiger partial charge >= 0.3 is 0 Å². The summed E-state index contributed by atoms with van der Waals surface area (Å²) in [5, 5.41) is 22.4. The lowest BCUT2D eigenvalue weighted by Crippen LogP contribution is -2.22. The van der Waals surface area contributed by atoms with Crippen molar-refractivity contribution in [3.05, 3.63) is 92.7 Å². The van der Waals surface area contributed by atoms with Crippen LogP contribution in [0.15, 0.2) is 67.0 Å². The average molecular weight is 393 g/mol. The number of non-ortho nitro benzene ring substituents is 1. The highest BCUT2D eigenvalue weighted by Gasteiger charge is 2.26. The van der Waals surface area contributed by atoms with E-state index in [1.165, 1.54) is 24.3 Å². The number of halogens is 2. The van der Waals surface area contributed by atoms with Crippen LogP contribution in [0.3, 0.4) is 0 Å². The van der Waals surface area contributed by atoms with E-state index >= 15 is 0 Å². The Bertz CT molecular complexity index is 898. The second-order valence-electron chi connectivity index (χ2n) is 5.50. The van der Waals surface area contributed by atoms with E-state index in [0.29, 0.717) is 21.4 Å². The fraction of sp³-hybridized carbons (Fsp3) is 0.111. The van der Waals surface area contributed by atoms with Crippen molar-refractivity contribution >= 4 is 28.9 Å². The van der Waals surface area contributed by atoms with E-state index in [0.717, 1.165) is 0 Å². The summed E-state index contributed by atoms with van der Waals surface area (Å²) in [6.45, 7) is 0. The van der Waals surface area contributed by atoms with E-state index in [4.69, 9.17) is 27.9 Å². The Kier molecular flexibility index (Phi) is 5.46. The Hall–Kier alpha value is -2.54. The molecule has 8 heteroatoms. The fourth-order valence-corrected chi connectivity index (χ4v) is 3.01. The molecule has 0 saturated heterocycles. The van der Waals surface area contributed by atoms with Crippen LogP contribution in [0, 0.1) is 10.1 Å². The summed E-state index contributed by atoms with van der Waals surface area (Å²) in [7, 11) is 0. The van der Waals surface area contributed by atoms with Crippen LogP contribution in [0.2, 0.25) is 10.0 Å². The highest BCUT2D eigenvalue weighted by molar-refractivity contribution is 6.35. The first-order chi connectivity index (χ1) is 12.5. The number of aliphatic hydroxyl groups is 1. The number of benzene rings is 2. The molecule has 2 aromatic carbocycles. The van der Waals surface area contributed by atoms with Crippen molar-refractivity contribution in [1.29, 1.82) is 0 Å². The second kappa shape index (κ2) is 7.78. The average Bonchev–Trinajstić information content (AvgIpc) is 3.14. The van der Waals surface area contributed by atoms with Crippen molar-refractivity contribution in [2.45, 2.75) is 12.3 Å². The summed E-state index contributed by atoms with van der Waals surface area (Å²) >= 11 is 12.1. The Morgan fingerprint density at radius 2 is 1.73 bits per heavy atom. The van der Waals surface area contributed by atoms with Crippen LogP contribution in [-0.4, -0.2) is 14.6 Å². The van der Waals surface area contributed by atoms with Crippen molar-refractivity contribution in [3.8, 4) is 5.75 Å². The maximum Gasteiger partial charge on any atom is 0.269 e. The van der Waals surface area contributed by atoms with Gasteiger partial charge in [0, 0.05) is 40.1 Å². The van der Waals surface area contributed by atoms with Crippen LogP contribution in [0.4, 0.5) is 5.69 Å². The van der Waals surface area contributed by atoms with Crippen molar-refractivity contribution in [3.63, 3.8) is 0 Å². The lowest BCUT2D eigenvalue weighted by atomic mass is 10.1. The van der Waals surface area contributed by atoms with Crippen LogP contribution in [0.5, 0.6) is 5.75 Å². The number of nitrogens with zero attached hydrogens (tertiary/aromatic N) is 2. The van der Waals surface area contributed by atoms with Gasteiger partial charge in [0.2, 0.25) is 6.23 Å². The number of hydrogen-bond donors (Lipinski definition) is 1. The van der Waals surface area contributed by atoms with Crippen LogP contribution >= 0.6 is 23.2 Å². The van der Waals surface area contributed by atoms with Gasteiger partial charge in [-0.2, -0.15) is 0 Å². The van der Waals surface area contributed by atoms with Crippen LogP contribution in [-0.2, 0) is 0 Å². The standard InChI is InChI=1S/C18H14Cl2N2O4/c19-12-3-8-15(16(20)11-12)17(23)18(21-9-1-2-10-21)26-14-6-4-13(5-7-14)22(24)25/h1-11,17-18,23H. The molecule has 26 heavy (non-hydrogen) atoms. The van der Waals surface area contributed by atoms with Gasteiger partial charge in [0.25, 0.3) is 5.69 Å². The lowest BCUT2D eigenvalue weighted by molar-refractivity contribution is -0.384. The number of nitro benzene ring substituents is 1. The summed E-state index contributed by atoms with van der Waals surface area (Å²) in [6.07, 6.45) is 1.55. The Morgan fingerprint density at radius 3 is 2.31 bits per heavy atom. The number of rotatable bonds is 6. The second-order valence-corrected chi connectivity index (χ2v) is 6.34. The first-order valence-corrected chi connectivity index (χ1v) is 8.38. The van der Waals surface area contributed by atoms with Crippen molar-refractivity contribution in [2.75, 3.05) is 0 Å². The molecule has 0 radical (unpaired) electrons. The van der Waals surface area contributed by atoms with Gasteiger partial charge in [-0.1, -0.05) is 29.3 Å². The Balaban J connectivity index is 1.91. The quantitative estimate of drug-likeness (QED) is 0.472. The van der Waals surface area contributed by atoms with Crippen molar-refractivity contribution in [2.24, 2.45) is 0 Å². The predicted octanol–water partition coefficient (Wildman–Crippen LogP) is 5.01. The zero-order valence-electron chi connectivity index (χ0n) is 13.3. The number of nitro groups is 1. The number of aliphatic hydroxyl groups excluding tert-OH is 1. The first-order valence-electron chi connectivity index (χ1n) is 7.62. The molecule has 0 fully saturated rings. The Morgan fingerprint density at radius 1 is 1.08 bits per heavy atom. The molecule has 0 aliphatic carbocycles. The normalized spacial score (nSPS) is 13.2. The molecule has 1 aromatic heterocycles. The fourth-order valence-electron chi connectivity index (χ4n) is 2.49. The van der Waals surface area contributed by atoms with Gasteiger partial charge < -0.3 is 14.4 Å². The van der Waals surface area contributed by atoms with Gasteiger partial charge in [0.1, 0.15) is 11.9 Å².